The number of esters is 1. The smallest absolute Gasteiger partial charge is 0.408 e. The molecule has 0 saturated heterocycles. The first-order valence-corrected chi connectivity index (χ1v) is 15.1. The highest BCUT2D eigenvalue weighted by Crippen LogP contribution is 2.41. The normalized spacial score (nSPS) is 18.2. The van der Waals surface area contributed by atoms with E-state index >= 15 is 0 Å². The summed E-state index contributed by atoms with van der Waals surface area (Å²) in [5, 5.41) is 5.55. The van der Waals surface area contributed by atoms with Crippen LogP contribution in [0.25, 0.3) is 6.08 Å². The zero-order valence-electron chi connectivity index (χ0n) is 27.2. The molecule has 5 unspecified atom stereocenters. The maximum absolute atomic E-state index is 14.4. The summed E-state index contributed by atoms with van der Waals surface area (Å²) in [5.74, 6) is -1.41. The highest BCUT2D eigenvalue weighted by molar-refractivity contribution is 5.94. The van der Waals surface area contributed by atoms with E-state index in [0.717, 1.165) is 11.1 Å². The zero-order chi connectivity index (χ0) is 32.8. The molecule has 2 aromatic carbocycles. The van der Waals surface area contributed by atoms with E-state index in [0.29, 0.717) is 12.0 Å². The molecule has 9 heteroatoms. The van der Waals surface area contributed by atoms with Gasteiger partial charge in [-0.25, -0.2) is 9.59 Å². The lowest BCUT2D eigenvalue weighted by Crippen LogP contribution is -2.55. The number of amides is 3. The van der Waals surface area contributed by atoms with Crippen LogP contribution in [0.4, 0.5) is 4.79 Å². The Labute approximate surface area is 261 Å². The lowest BCUT2D eigenvalue weighted by Gasteiger charge is -2.35. The summed E-state index contributed by atoms with van der Waals surface area (Å²) >= 11 is 0. The van der Waals surface area contributed by atoms with Crippen molar-refractivity contribution < 1.29 is 28.7 Å². The third-order valence-corrected chi connectivity index (χ3v) is 7.06. The lowest BCUT2D eigenvalue weighted by molar-refractivity contribution is -0.159. The number of rotatable bonds is 11. The van der Waals surface area contributed by atoms with E-state index < -0.39 is 53.2 Å². The van der Waals surface area contributed by atoms with Crippen molar-refractivity contribution in [2.75, 3.05) is 0 Å². The van der Waals surface area contributed by atoms with Crippen LogP contribution in [0.5, 0.6) is 0 Å². The van der Waals surface area contributed by atoms with Crippen LogP contribution in [0.1, 0.15) is 84.5 Å². The van der Waals surface area contributed by atoms with Crippen molar-refractivity contribution in [3.8, 4) is 0 Å². The van der Waals surface area contributed by atoms with Gasteiger partial charge in [0.15, 0.2) is 0 Å². The third-order valence-electron chi connectivity index (χ3n) is 7.06. The molecule has 238 valence electrons. The first kappa shape index (κ1) is 34.4. The summed E-state index contributed by atoms with van der Waals surface area (Å²) < 4.78 is 11.1. The van der Waals surface area contributed by atoms with Crippen molar-refractivity contribution in [2.24, 2.45) is 5.92 Å². The van der Waals surface area contributed by atoms with Gasteiger partial charge >= 0.3 is 12.1 Å². The molecule has 0 aliphatic heterocycles. The topological polar surface area (TPSA) is 114 Å². The molecule has 0 bridgehead atoms. The summed E-state index contributed by atoms with van der Waals surface area (Å²) in [5.41, 5.74) is 0.639. The molecule has 0 radical (unpaired) electrons. The maximum atomic E-state index is 14.4. The highest BCUT2D eigenvalue weighted by atomic mass is 16.6. The van der Waals surface area contributed by atoms with E-state index in [9.17, 15) is 19.2 Å². The minimum Gasteiger partial charge on any atom is -0.458 e. The van der Waals surface area contributed by atoms with E-state index in [4.69, 9.17) is 9.47 Å². The van der Waals surface area contributed by atoms with Crippen molar-refractivity contribution in [1.82, 2.24) is 15.5 Å². The predicted molar refractivity (Wildman–Crippen MR) is 170 cm³/mol. The molecule has 1 fully saturated rings. The number of carbonyl (C=O) groups is 4. The molecule has 1 aliphatic rings. The average Bonchev–Trinajstić information content (AvgIpc) is 3.64. The molecule has 0 heterocycles. The number of ether oxygens (including phenoxy) is 2. The van der Waals surface area contributed by atoms with Gasteiger partial charge in [0, 0.05) is 12.5 Å². The Bertz CT molecular complexity index is 1340. The van der Waals surface area contributed by atoms with Gasteiger partial charge in [0.1, 0.15) is 29.3 Å². The molecular formula is C35H47N3O6. The van der Waals surface area contributed by atoms with Gasteiger partial charge in [-0.3, -0.25) is 9.59 Å². The van der Waals surface area contributed by atoms with Crippen molar-refractivity contribution >= 4 is 30.0 Å². The lowest BCUT2D eigenvalue weighted by atomic mass is 9.99. The van der Waals surface area contributed by atoms with Crippen LogP contribution in [-0.4, -0.2) is 58.1 Å². The summed E-state index contributed by atoms with van der Waals surface area (Å²) in [6.07, 6.45) is 1.82. The molecular weight excluding hydrogens is 558 g/mol. The largest absolute Gasteiger partial charge is 0.458 e. The van der Waals surface area contributed by atoms with Gasteiger partial charge in [-0.05, 0) is 83.6 Å². The average molecular weight is 606 g/mol. The number of hydrogen-bond acceptors (Lipinski definition) is 6. The molecule has 5 atom stereocenters. The Kier molecular flexibility index (Phi) is 11.0. The molecule has 2 aromatic rings. The molecule has 3 rings (SSSR count). The fraction of sp³-hybridized carbons (Fsp3) is 0.486. The second-order valence-corrected chi connectivity index (χ2v) is 13.5. The molecule has 9 nitrogen and oxygen atoms in total. The third kappa shape index (κ3) is 9.96. The van der Waals surface area contributed by atoms with Crippen molar-refractivity contribution in [3.63, 3.8) is 0 Å². The van der Waals surface area contributed by atoms with Gasteiger partial charge in [-0.2, -0.15) is 0 Å². The van der Waals surface area contributed by atoms with Gasteiger partial charge in [-0.1, -0.05) is 68.1 Å². The molecule has 2 N–H and O–H groups in total. The van der Waals surface area contributed by atoms with Crippen molar-refractivity contribution in [3.05, 3.63) is 77.9 Å². The fourth-order valence-electron chi connectivity index (χ4n) is 4.90. The van der Waals surface area contributed by atoms with Crippen LogP contribution < -0.4 is 10.6 Å². The molecule has 0 aromatic heterocycles. The van der Waals surface area contributed by atoms with E-state index in [-0.39, 0.29) is 18.4 Å². The molecule has 44 heavy (non-hydrogen) atoms. The number of hydrogen-bond donors (Lipinski definition) is 2. The quantitative estimate of drug-likeness (QED) is 0.323. The number of benzene rings is 2. The molecule has 1 aliphatic carbocycles. The Morgan fingerprint density at radius 1 is 0.955 bits per heavy atom. The molecule has 1 saturated carbocycles. The van der Waals surface area contributed by atoms with E-state index in [1.165, 1.54) is 0 Å². The monoisotopic (exact) mass is 605 g/mol. The van der Waals surface area contributed by atoms with Crippen molar-refractivity contribution in [2.45, 2.75) is 104 Å². The number of nitrogens with one attached hydrogen (secondary N) is 2. The minimum atomic E-state index is -1.10. The van der Waals surface area contributed by atoms with Gasteiger partial charge in [-0.15, -0.1) is 0 Å². The van der Waals surface area contributed by atoms with Gasteiger partial charge < -0.3 is 25.0 Å². The number of alkyl carbamates (subject to hydrolysis) is 1. The first-order chi connectivity index (χ1) is 20.5. The Morgan fingerprint density at radius 3 is 2.11 bits per heavy atom. The van der Waals surface area contributed by atoms with E-state index in [2.05, 4.69) is 17.2 Å². The summed E-state index contributed by atoms with van der Waals surface area (Å²) in [4.78, 5) is 56.0. The highest BCUT2D eigenvalue weighted by Gasteiger charge is 2.48. The summed E-state index contributed by atoms with van der Waals surface area (Å²) in [6.45, 7) is 17.9. The Hall–Kier alpha value is -4.14. The molecule has 0 spiro atoms. The van der Waals surface area contributed by atoms with Crippen molar-refractivity contribution in [1.29, 1.82) is 0 Å². The number of carbonyl (C=O) groups excluding carboxylic acids is 4. The Balaban J connectivity index is 2.02. The zero-order valence-corrected chi connectivity index (χ0v) is 27.2. The van der Waals surface area contributed by atoms with Crippen LogP contribution in [0, 0.1) is 5.92 Å². The maximum Gasteiger partial charge on any atom is 0.408 e. The van der Waals surface area contributed by atoms with Gasteiger partial charge in [0.05, 0.1) is 0 Å². The van der Waals surface area contributed by atoms with E-state index in [1.54, 1.807) is 77.6 Å². The van der Waals surface area contributed by atoms with Crippen LogP contribution in [0.15, 0.2) is 61.2 Å². The van der Waals surface area contributed by atoms with Gasteiger partial charge in [0.25, 0.3) is 0 Å². The fourth-order valence-corrected chi connectivity index (χ4v) is 4.90. The Morgan fingerprint density at radius 2 is 1.57 bits per heavy atom. The first-order valence-electron chi connectivity index (χ1n) is 15.1. The van der Waals surface area contributed by atoms with Gasteiger partial charge in [0.2, 0.25) is 11.8 Å². The summed E-state index contributed by atoms with van der Waals surface area (Å²) in [7, 11) is 0. The molecule has 3 amide bonds. The second kappa shape index (κ2) is 14.1. The minimum absolute atomic E-state index is 0.136. The SMILES string of the molecule is C=Cc1cccc(C(C(=O)NC(Cc2ccccc2)C(=O)OC(C)(C)C)N(C(=O)C(C)NC(=O)OC(C)(C)C)C2CC2C)c1. The van der Waals surface area contributed by atoms with Crippen LogP contribution in [-0.2, 0) is 30.3 Å². The number of nitrogens with zero attached hydrogens (tertiary/aromatic N) is 1. The van der Waals surface area contributed by atoms with Crippen LogP contribution >= 0.6 is 0 Å². The summed E-state index contributed by atoms with van der Waals surface area (Å²) in [6, 6.07) is 13.2. The second-order valence-electron chi connectivity index (χ2n) is 13.5. The van der Waals surface area contributed by atoms with E-state index in [1.807, 2.05) is 43.3 Å². The van der Waals surface area contributed by atoms with Crippen LogP contribution in [0.3, 0.4) is 0 Å². The van der Waals surface area contributed by atoms with Crippen LogP contribution in [0.2, 0.25) is 0 Å². The predicted octanol–water partition coefficient (Wildman–Crippen LogP) is 5.59. The standard InChI is InChI=1S/C35H47N3O6/c1-10-24-17-14-18-26(20-24)29(38(28-19-22(28)2)31(40)23(3)36-33(42)44-35(7,8)9)30(39)37-27(32(41)43-34(4,5)6)21-25-15-12-11-13-16-25/h10-18,20,22-23,27-29H,1,19,21H2,2-9H3,(H,36,42)(H,37,39).